The lowest BCUT2D eigenvalue weighted by Crippen LogP contribution is -2.59. The van der Waals surface area contributed by atoms with Crippen molar-refractivity contribution in [1.82, 2.24) is 4.90 Å². The summed E-state index contributed by atoms with van der Waals surface area (Å²) < 4.78 is 43.9. The lowest BCUT2D eigenvalue weighted by molar-refractivity contribution is -0.135. The summed E-state index contributed by atoms with van der Waals surface area (Å²) in [6, 6.07) is 8.32. The summed E-state index contributed by atoms with van der Waals surface area (Å²) >= 11 is 5.79. The van der Waals surface area contributed by atoms with Gasteiger partial charge in [-0.1, -0.05) is 35.9 Å². The van der Waals surface area contributed by atoms with E-state index >= 15 is 0 Å². The molecule has 7 nitrogen and oxygen atoms in total. The second-order valence-corrected chi connectivity index (χ2v) is 10.7. The molecular formula is C28H30ClF2NO6. The number of rotatable bonds is 7. The smallest absolute Gasteiger partial charge is 0.411 e. The molecule has 2 aromatic rings. The highest BCUT2D eigenvalue weighted by Gasteiger charge is 2.46. The Balaban J connectivity index is 1.47. The van der Waals surface area contributed by atoms with Gasteiger partial charge in [0.15, 0.2) is 11.6 Å². The molecule has 2 bridgehead atoms. The van der Waals surface area contributed by atoms with Crippen LogP contribution in [0.25, 0.3) is 5.57 Å². The molecule has 0 spiro atoms. The van der Waals surface area contributed by atoms with Crippen molar-refractivity contribution in [1.29, 1.82) is 0 Å². The van der Waals surface area contributed by atoms with Crippen molar-refractivity contribution in [3.8, 4) is 5.75 Å². The van der Waals surface area contributed by atoms with Crippen molar-refractivity contribution in [2.75, 3.05) is 19.8 Å². The minimum absolute atomic E-state index is 0.0783. The second-order valence-electron chi connectivity index (χ2n) is 10.3. The van der Waals surface area contributed by atoms with Crippen molar-refractivity contribution >= 4 is 29.2 Å². The Morgan fingerprint density at radius 3 is 2.45 bits per heavy atom. The minimum atomic E-state index is -1.10. The van der Waals surface area contributed by atoms with E-state index in [1.807, 2.05) is 24.3 Å². The Bertz CT molecular complexity index is 1240. The van der Waals surface area contributed by atoms with Crippen molar-refractivity contribution in [2.24, 2.45) is 0 Å². The molecule has 0 aliphatic carbocycles. The number of amides is 1. The fourth-order valence-electron chi connectivity index (χ4n) is 4.76. The topological polar surface area (TPSA) is 85.3 Å². The summed E-state index contributed by atoms with van der Waals surface area (Å²) in [7, 11) is 0. The van der Waals surface area contributed by atoms with Gasteiger partial charge in [-0.3, -0.25) is 4.90 Å². The van der Waals surface area contributed by atoms with Crippen LogP contribution in [0, 0.1) is 11.6 Å². The maximum absolute atomic E-state index is 13.9. The van der Waals surface area contributed by atoms with E-state index in [1.165, 1.54) is 4.90 Å². The molecule has 1 N–H and O–H groups in total. The van der Waals surface area contributed by atoms with Crippen molar-refractivity contribution in [3.05, 3.63) is 69.8 Å². The number of carboxylic acids is 1. The average Bonchev–Trinajstić information content (AvgIpc) is 2.84. The number of fused-ring (bicyclic) bond motifs is 2. The van der Waals surface area contributed by atoms with E-state index in [2.05, 4.69) is 0 Å². The van der Waals surface area contributed by atoms with E-state index in [1.54, 1.807) is 20.8 Å². The summed E-state index contributed by atoms with van der Waals surface area (Å²) in [6.45, 7) is 5.81. The van der Waals surface area contributed by atoms with Gasteiger partial charge in [-0.25, -0.2) is 18.4 Å². The Morgan fingerprint density at radius 1 is 1.11 bits per heavy atom. The fourth-order valence-corrected chi connectivity index (χ4v) is 4.96. The van der Waals surface area contributed by atoms with Gasteiger partial charge in [-0.2, -0.15) is 0 Å². The molecule has 2 atom stereocenters. The summed E-state index contributed by atoms with van der Waals surface area (Å²) in [5, 5.41) is 9.71. The summed E-state index contributed by atoms with van der Waals surface area (Å²) in [5.41, 5.74) is 1.81. The lowest BCUT2D eigenvalue weighted by atomic mass is 9.83. The molecule has 10 heteroatoms. The number of aryl methyl sites for hydroxylation is 1. The highest BCUT2D eigenvalue weighted by molar-refractivity contribution is 6.32. The molecule has 2 aliphatic rings. The molecule has 2 aliphatic heterocycles. The molecule has 0 radical (unpaired) electrons. The number of aliphatic carboxylic acids is 1. The number of benzene rings is 2. The van der Waals surface area contributed by atoms with Gasteiger partial charge in [0.05, 0.1) is 37.5 Å². The van der Waals surface area contributed by atoms with E-state index in [0.717, 1.165) is 23.3 Å². The predicted octanol–water partition coefficient (Wildman–Crippen LogP) is 5.88. The first-order chi connectivity index (χ1) is 18.0. The van der Waals surface area contributed by atoms with Gasteiger partial charge in [0, 0.05) is 0 Å². The van der Waals surface area contributed by atoms with Crippen LogP contribution in [0.4, 0.5) is 13.6 Å². The van der Waals surface area contributed by atoms with Crippen LogP contribution in [0.15, 0.2) is 42.0 Å². The number of hydrogen-bond donors (Lipinski definition) is 1. The molecular weight excluding hydrogens is 520 g/mol. The molecule has 2 aromatic carbocycles. The third-order valence-corrected chi connectivity index (χ3v) is 6.76. The second kappa shape index (κ2) is 11.3. The van der Waals surface area contributed by atoms with Crippen LogP contribution in [0.5, 0.6) is 5.75 Å². The monoisotopic (exact) mass is 549 g/mol. The molecule has 1 saturated heterocycles. The third kappa shape index (κ3) is 6.10. The van der Waals surface area contributed by atoms with E-state index in [4.69, 9.17) is 25.8 Å². The number of hydrogen-bond acceptors (Lipinski definition) is 5. The normalized spacial score (nSPS) is 19.4. The van der Waals surface area contributed by atoms with Crippen molar-refractivity contribution in [3.63, 3.8) is 0 Å². The van der Waals surface area contributed by atoms with Gasteiger partial charge in [-0.15, -0.1) is 0 Å². The van der Waals surface area contributed by atoms with Crippen LogP contribution in [0.2, 0.25) is 5.02 Å². The van der Waals surface area contributed by atoms with Gasteiger partial charge in [0.2, 0.25) is 0 Å². The van der Waals surface area contributed by atoms with Crippen molar-refractivity contribution < 1.29 is 37.7 Å². The Labute approximate surface area is 224 Å². The Hall–Kier alpha value is -3.17. The van der Waals surface area contributed by atoms with Crippen LogP contribution in [0.1, 0.15) is 44.7 Å². The maximum Gasteiger partial charge on any atom is 0.411 e. The van der Waals surface area contributed by atoms with Crippen LogP contribution in [-0.4, -0.2) is 59.6 Å². The molecule has 38 heavy (non-hydrogen) atoms. The third-order valence-electron chi connectivity index (χ3n) is 6.41. The highest BCUT2D eigenvalue weighted by atomic mass is 35.5. The molecule has 4 rings (SSSR count). The summed E-state index contributed by atoms with van der Waals surface area (Å²) in [5.74, 6) is -2.88. The van der Waals surface area contributed by atoms with E-state index in [9.17, 15) is 23.5 Å². The predicted molar refractivity (Wildman–Crippen MR) is 137 cm³/mol. The average molecular weight is 550 g/mol. The summed E-state index contributed by atoms with van der Waals surface area (Å²) in [6.07, 6.45) is 0.905. The molecule has 1 amide bonds. The first-order valence-electron chi connectivity index (χ1n) is 12.4. The van der Waals surface area contributed by atoms with E-state index in [-0.39, 0.29) is 35.6 Å². The van der Waals surface area contributed by atoms with Gasteiger partial charge in [0.1, 0.15) is 16.4 Å². The minimum Gasteiger partial charge on any atom is -0.489 e. The number of carbonyl (C=O) groups is 2. The van der Waals surface area contributed by atoms with Crippen LogP contribution >= 0.6 is 11.6 Å². The SMILES string of the molecule is CC(C)(C)OC(=O)N1C2COCC1C(C(=O)O)=C(c1ccc(CCCOc3c(F)ccc(F)c3Cl)cc1)C2. The fraction of sp³-hybridized carbons (Fsp3) is 0.429. The first-order valence-corrected chi connectivity index (χ1v) is 12.7. The molecule has 204 valence electrons. The molecule has 2 unspecified atom stereocenters. The number of carbonyl (C=O) groups excluding carboxylic acids is 1. The number of ether oxygens (including phenoxy) is 3. The molecule has 1 fully saturated rings. The number of halogens is 3. The number of morpholine rings is 1. The van der Waals surface area contributed by atoms with Gasteiger partial charge in [-0.05, 0) is 68.9 Å². The zero-order valence-corrected chi connectivity index (χ0v) is 22.2. The van der Waals surface area contributed by atoms with Crippen LogP contribution in [0.3, 0.4) is 0 Å². The first kappa shape index (κ1) is 27.9. The quantitative estimate of drug-likeness (QED) is 0.343. The molecule has 0 aromatic heterocycles. The summed E-state index contributed by atoms with van der Waals surface area (Å²) in [4.78, 5) is 26.8. The van der Waals surface area contributed by atoms with Gasteiger partial charge in [0.25, 0.3) is 0 Å². The van der Waals surface area contributed by atoms with Crippen LogP contribution < -0.4 is 4.74 Å². The Morgan fingerprint density at radius 2 is 1.79 bits per heavy atom. The lowest BCUT2D eigenvalue weighted by Gasteiger charge is -2.46. The number of nitrogens with zero attached hydrogens (tertiary/aromatic N) is 1. The standard InChI is InChI=1S/C28H30ClF2NO6/c1-28(2,3)38-27(35)32-18-13-19(23(26(33)34)22(32)15-36-14-18)17-8-6-16(7-9-17)5-4-12-37-25-21(31)11-10-20(30)24(25)29/h6-11,18,22H,4-5,12-15H2,1-3H3,(H,33,34). The van der Waals surface area contributed by atoms with Crippen molar-refractivity contribution in [2.45, 2.75) is 57.7 Å². The maximum atomic E-state index is 13.9. The van der Waals surface area contributed by atoms with Gasteiger partial charge >= 0.3 is 12.1 Å². The highest BCUT2D eigenvalue weighted by Crippen LogP contribution is 2.38. The molecule has 2 heterocycles. The zero-order chi connectivity index (χ0) is 27.6. The van der Waals surface area contributed by atoms with Gasteiger partial charge < -0.3 is 19.3 Å². The zero-order valence-electron chi connectivity index (χ0n) is 21.4. The number of carboxylic acid groups (broad SMARTS) is 1. The molecule has 0 saturated carbocycles. The Kier molecular flexibility index (Phi) is 8.28. The van der Waals surface area contributed by atoms with E-state index in [0.29, 0.717) is 31.4 Å². The van der Waals surface area contributed by atoms with E-state index < -0.39 is 35.3 Å². The van der Waals surface area contributed by atoms with Crippen LogP contribution in [-0.2, 0) is 20.7 Å². The largest absolute Gasteiger partial charge is 0.489 e.